The van der Waals surface area contributed by atoms with Crippen molar-refractivity contribution < 1.29 is 9.59 Å². The molecule has 0 aliphatic carbocycles. The number of rotatable bonds is 2. The van der Waals surface area contributed by atoms with Gasteiger partial charge in [0.1, 0.15) is 0 Å². The van der Waals surface area contributed by atoms with Crippen molar-refractivity contribution in [3.63, 3.8) is 0 Å². The van der Waals surface area contributed by atoms with Gasteiger partial charge in [-0.15, -0.1) is 0 Å². The third-order valence-corrected chi connectivity index (χ3v) is 3.27. The molecule has 0 amide bonds. The Morgan fingerprint density at radius 3 is 2.05 bits per heavy atom. The monoisotopic (exact) mass is 529 g/mol. The Hall–Kier alpha value is -0.440. The molecule has 124 valence electrons. The van der Waals surface area contributed by atoms with Gasteiger partial charge in [0, 0.05) is 67.8 Å². The molecule has 2 aromatic rings. The molecule has 0 aliphatic rings. The number of aryl methyl sites for hydroxylation is 2. The van der Waals surface area contributed by atoms with Crippen LogP contribution < -0.4 is 0 Å². The van der Waals surface area contributed by atoms with E-state index in [2.05, 4.69) is 37.2 Å². The van der Waals surface area contributed by atoms with Gasteiger partial charge in [-0.2, -0.15) is 0 Å². The number of aromatic nitrogens is 1. The van der Waals surface area contributed by atoms with E-state index in [-0.39, 0.29) is 7.43 Å². The van der Waals surface area contributed by atoms with Crippen LogP contribution >= 0.6 is 37.2 Å². The van der Waals surface area contributed by atoms with Crippen molar-refractivity contribution in [1.29, 1.82) is 0 Å². The van der Waals surface area contributed by atoms with Gasteiger partial charge in [0.15, 0.2) is 5.78 Å². The summed E-state index contributed by atoms with van der Waals surface area (Å²) in [5.41, 5.74) is 3.41. The Morgan fingerprint density at radius 2 is 1.59 bits per heavy atom. The van der Waals surface area contributed by atoms with E-state index in [0.29, 0.717) is 5.56 Å². The van der Waals surface area contributed by atoms with Gasteiger partial charge in [0.05, 0.1) is 5.56 Å². The number of ketones is 2. The topological polar surface area (TPSA) is 39.1 Å². The fourth-order valence-electron chi connectivity index (χ4n) is 2.24. The van der Waals surface area contributed by atoms with Crippen molar-refractivity contribution in [2.45, 2.75) is 42.0 Å². The molecule has 1 aromatic heterocycles. The van der Waals surface area contributed by atoms with E-state index in [1.54, 1.807) is 0 Å². The summed E-state index contributed by atoms with van der Waals surface area (Å²) in [6, 6.07) is 5.88. The van der Waals surface area contributed by atoms with Gasteiger partial charge < -0.3 is 4.57 Å². The van der Waals surface area contributed by atoms with Crippen molar-refractivity contribution in [2.75, 3.05) is 0 Å². The summed E-state index contributed by atoms with van der Waals surface area (Å²) in [5, 5.41) is 0.896. The summed E-state index contributed by atoms with van der Waals surface area (Å²) in [6.07, 6.45) is 0. The van der Waals surface area contributed by atoms with Crippen LogP contribution in [0.1, 0.15) is 49.8 Å². The molecule has 0 saturated heterocycles. The van der Waals surface area contributed by atoms with E-state index in [4.69, 9.17) is 0 Å². The molecule has 2 rings (SSSR count). The maximum absolute atomic E-state index is 12.0. The third kappa shape index (κ3) is 4.78. The summed E-state index contributed by atoms with van der Waals surface area (Å²) < 4.78 is 1.96. The normalized spacial score (nSPS) is 8.91. The first kappa shape index (κ1) is 23.8. The number of carbonyl (C=O) groups is 2. The van der Waals surface area contributed by atoms with E-state index in [0.717, 1.165) is 22.2 Å². The predicted molar refractivity (Wildman–Crippen MR) is 114 cm³/mol. The van der Waals surface area contributed by atoms with Crippen molar-refractivity contribution in [3.8, 4) is 0 Å². The van der Waals surface area contributed by atoms with Crippen LogP contribution in [0.3, 0.4) is 0 Å². The van der Waals surface area contributed by atoms with E-state index < -0.39 is 11.6 Å². The van der Waals surface area contributed by atoms with Gasteiger partial charge >= 0.3 is 0 Å². The van der Waals surface area contributed by atoms with E-state index >= 15 is 0 Å². The Morgan fingerprint density at radius 1 is 1.09 bits per heavy atom. The van der Waals surface area contributed by atoms with Crippen LogP contribution in [0.5, 0.6) is 0 Å². The molecule has 1 heterocycles. The summed E-state index contributed by atoms with van der Waals surface area (Å²) in [6.45, 7) is 9.15. The molecule has 0 unspecified atom stereocenters. The van der Waals surface area contributed by atoms with E-state index in [9.17, 15) is 9.59 Å². The van der Waals surface area contributed by atoms with Crippen LogP contribution in [0.4, 0.5) is 0 Å². The number of nitrogens with zero attached hydrogens (tertiary/aromatic N) is 1. The van der Waals surface area contributed by atoms with Crippen molar-refractivity contribution >= 4 is 59.7 Å². The van der Waals surface area contributed by atoms with Gasteiger partial charge in [0.2, 0.25) is 5.78 Å². The van der Waals surface area contributed by atoms with Gasteiger partial charge in [-0.05, 0) is 25.5 Å². The lowest BCUT2D eigenvalue weighted by Crippen LogP contribution is -2.11. The van der Waals surface area contributed by atoms with Crippen LogP contribution in [0.15, 0.2) is 18.2 Å². The summed E-state index contributed by atoms with van der Waals surface area (Å²) in [7, 11) is 1.91. The molecule has 0 saturated carbocycles. The minimum atomic E-state index is -0.413. The lowest BCUT2D eigenvalue weighted by Gasteiger charge is -1.99. The molecule has 3 nitrogen and oxygen atoms in total. The fraction of sp³-hybridized carbons (Fsp3) is 0.412. The van der Waals surface area contributed by atoms with Crippen LogP contribution in [-0.2, 0) is 11.8 Å². The predicted octanol–water partition coefficient (Wildman–Crippen LogP) is 6.00. The highest BCUT2D eigenvalue weighted by atomic mass is 128. The van der Waals surface area contributed by atoms with E-state index in [1.165, 1.54) is 6.92 Å². The quantitative estimate of drug-likeness (QED) is 0.272. The minimum absolute atomic E-state index is 0. The molecule has 0 N–H and O–H groups in total. The Bertz CT molecular complexity index is 646. The molecule has 5 heteroatoms. The standard InChI is InChI=1S/C14H15NO2.C2H6.CH4.I2/c1-8-6-5-7-11-12(8)13(9(2)15(11)4)14(17)10(3)16;1-2;;1-2/h5-7H,1-4H3;1-2H3;1H4;. The molecule has 0 spiro atoms. The van der Waals surface area contributed by atoms with Crippen molar-refractivity contribution in [1.82, 2.24) is 4.57 Å². The molecule has 0 bridgehead atoms. The number of hydrogen-bond donors (Lipinski definition) is 0. The highest BCUT2D eigenvalue weighted by molar-refractivity contribution is 15.0. The van der Waals surface area contributed by atoms with Crippen molar-refractivity contribution in [2.24, 2.45) is 7.05 Å². The third-order valence-electron chi connectivity index (χ3n) is 3.27. The van der Waals surface area contributed by atoms with Crippen LogP contribution in [0.2, 0.25) is 0 Å². The zero-order valence-corrected chi connectivity index (χ0v) is 17.6. The number of fused-ring (bicyclic) bond motifs is 1. The van der Waals surface area contributed by atoms with Crippen molar-refractivity contribution in [3.05, 3.63) is 35.0 Å². The highest BCUT2D eigenvalue weighted by Gasteiger charge is 2.22. The average molecular weight is 529 g/mol. The van der Waals surface area contributed by atoms with Gasteiger partial charge in [-0.25, -0.2) is 0 Å². The average Bonchev–Trinajstić information content (AvgIpc) is 2.76. The Balaban J connectivity index is 0. The van der Waals surface area contributed by atoms with Gasteiger partial charge in [-0.3, -0.25) is 9.59 Å². The smallest absolute Gasteiger partial charge is 0.230 e. The second kappa shape index (κ2) is 11.2. The molecule has 0 fully saturated rings. The maximum Gasteiger partial charge on any atom is 0.230 e. The minimum Gasteiger partial charge on any atom is -0.347 e. The van der Waals surface area contributed by atoms with Crippen LogP contribution in [0.25, 0.3) is 10.9 Å². The fourth-order valence-corrected chi connectivity index (χ4v) is 2.24. The number of Topliss-reactive ketones (excluding diaryl/α,β-unsaturated/α-hetero) is 2. The molecule has 22 heavy (non-hydrogen) atoms. The van der Waals surface area contributed by atoms with Crippen LogP contribution in [-0.4, -0.2) is 16.1 Å². The lowest BCUT2D eigenvalue weighted by molar-refractivity contribution is -0.113. The zero-order chi connectivity index (χ0) is 16.7. The van der Waals surface area contributed by atoms with E-state index in [1.807, 2.05) is 57.5 Å². The number of carbonyl (C=O) groups excluding carboxylic acids is 2. The number of hydrogen-bond acceptors (Lipinski definition) is 2. The number of benzene rings is 1. The highest BCUT2D eigenvalue weighted by Crippen LogP contribution is 2.28. The first-order chi connectivity index (χ1) is 9.95. The Kier molecular flexibility index (Phi) is 12.1. The first-order valence-corrected chi connectivity index (χ1v) is 13.0. The zero-order valence-electron chi connectivity index (χ0n) is 13.3. The summed E-state index contributed by atoms with van der Waals surface area (Å²) >= 11 is 4.24. The molecule has 0 radical (unpaired) electrons. The Labute approximate surface area is 157 Å². The largest absolute Gasteiger partial charge is 0.347 e. The molecule has 1 aromatic carbocycles. The second-order valence-electron chi connectivity index (χ2n) is 4.37. The van der Waals surface area contributed by atoms with Crippen LogP contribution in [0, 0.1) is 13.8 Å². The maximum atomic E-state index is 12.0. The summed E-state index contributed by atoms with van der Waals surface area (Å²) in [5.74, 6) is -0.814. The molecular weight excluding hydrogens is 504 g/mol. The number of halogens is 2. The lowest BCUT2D eigenvalue weighted by atomic mass is 10.0. The van der Waals surface area contributed by atoms with Gasteiger partial charge in [-0.1, -0.05) is 33.4 Å². The second-order valence-corrected chi connectivity index (χ2v) is 4.37. The molecule has 0 aliphatic heterocycles. The SMILES string of the molecule is C.CC.CC(=O)C(=O)c1c(C)n(C)c2cccc(C)c12.II. The summed E-state index contributed by atoms with van der Waals surface area (Å²) in [4.78, 5) is 23.3. The molecular formula is C17H25I2NO2. The molecule has 0 atom stereocenters. The van der Waals surface area contributed by atoms with Gasteiger partial charge in [0.25, 0.3) is 0 Å². The first-order valence-electron chi connectivity index (χ1n) is 6.69.